The molecule has 1 aromatic rings. The van der Waals surface area contributed by atoms with Crippen LogP contribution in [0.2, 0.25) is 0 Å². The SMILES string of the molecule is COC(=O)c1ccc2c(c1)[C@@H](C)NCC2. The van der Waals surface area contributed by atoms with Gasteiger partial charge in [-0.25, -0.2) is 4.79 Å². The molecule has 0 bridgehead atoms. The third-order valence-electron chi connectivity index (χ3n) is 2.88. The zero-order valence-electron chi connectivity index (χ0n) is 9.04. The molecule has 0 spiro atoms. The normalized spacial score (nSPS) is 19.5. The lowest BCUT2D eigenvalue weighted by Gasteiger charge is -2.24. The average Bonchev–Trinajstić information content (AvgIpc) is 2.28. The van der Waals surface area contributed by atoms with E-state index in [1.54, 1.807) is 0 Å². The summed E-state index contributed by atoms with van der Waals surface area (Å²) in [5, 5.41) is 3.37. The predicted octanol–water partition coefficient (Wildman–Crippen LogP) is 1.68. The van der Waals surface area contributed by atoms with E-state index in [2.05, 4.69) is 12.2 Å². The zero-order chi connectivity index (χ0) is 10.8. The highest BCUT2D eigenvalue weighted by Gasteiger charge is 2.17. The minimum absolute atomic E-state index is 0.268. The maximum atomic E-state index is 11.4. The van der Waals surface area contributed by atoms with Crippen LogP contribution in [0, 0.1) is 0 Å². The van der Waals surface area contributed by atoms with Crippen molar-refractivity contribution < 1.29 is 9.53 Å². The number of benzene rings is 1. The van der Waals surface area contributed by atoms with Crippen molar-refractivity contribution in [1.29, 1.82) is 0 Å². The van der Waals surface area contributed by atoms with E-state index in [1.807, 2.05) is 18.2 Å². The molecule has 0 aliphatic carbocycles. The highest BCUT2D eigenvalue weighted by molar-refractivity contribution is 5.89. The van der Waals surface area contributed by atoms with Gasteiger partial charge in [0.05, 0.1) is 12.7 Å². The summed E-state index contributed by atoms with van der Waals surface area (Å²) in [6, 6.07) is 6.11. The molecule has 1 aliphatic heterocycles. The van der Waals surface area contributed by atoms with Crippen LogP contribution in [0.25, 0.3) is 0 Å². The van der Waals surface area contributed by atoms with Crippen LogP contribution in [0.5, 0.6) is 0 Å². The number of carbonyl (C=O) groups is 1. The lowest BCUT2D eigenvalue weighted by atomic mass is 9.93. The van der Waals surface area contributed by atoms with Crippen LogP contribution in [0.3, 0.4) is 0 Å². The Morgan fingerprint density at radius 2 is 2.33 bits per heavy atom. The molecule has 1 aromatic carbocycles. The summed E-state index contributed by atoms with van der Waals surface area (Å²) in [5.41, 5.74) is 3.17. The number of methoxy groups -OCH3 is 1. The van der Waals surface area contributed by atoms with E-state index >= 15 is 0 Å². The van der Waals surface area contributed by atoms with Gasteiger partial charge >= 0.3 is 5.97 Å². The topological polar surface area (TPSA) is 38.3 Å². The maximum absolute atomic E-state index is 11.4. The lowest BCUT2D eigenvalue weighted by Crippen LogP contribution is -2.28. The van der Waals surface area contributed by atoms with Gasteiger partial charge in [-0.3, -0.25) is 0 Å². The molecule has 3 nitrogen and oxygen atoms in total. The van der Waals surface area contributed by atoms with Crippen LogP contribution >= 0.6 is 0 Å². The van der Waals surface area contributed by atoms with Crippen LogP contribution in [0.1, 0.15) is 34.5 Å². The second-order valence-corrected chi connectivity index (χ2v) is 3.83. The Bertz CT molecular complexity index is 387. The van der Waals surface area contributed by atoms with Gasteiger partial charge in [0, 0.05) is 6.04 Å². The standard InChI is InChI=1S/C12H15NO2/c1-8-11-7-10(12(14)15-2)4-3-9(11)5-6-13-8/h3-4,7-8,13H,5-6H2,1-2H3/t8-/m1/s1. The Morgan fingerprint density at radius 3 is 3.07 bits per heavy atom. The van der Waals surface area contributed by atoms with E-state index in [1.165, 1.54) is 18.2 Å². The summed E-state index contributed by atoms with van der Waals surface area (Å²) in [6.45, 7) is 3.12. The van der Waals surface area contributed by atoms with Gasteiger partial charge in [0.15, 0.2) is 0 Å². The second-order valence-electron chi connectivity index (χ2n) is 3.83. The van der Waals surface area contributed by atoms with E-state index in [4.69, 9.17) is 4.74 Å². The van der Waals surface area contributed by atoms with E-state index in [-0.39, 0.29) is 5.97 Å². The van der Waals surface area contributed by atoms with Crippen LogP contribution in [-0.4, -0.2) is 19.6 Å². The Hall–Kier alpha value is -1.35. The largest absolute Gasteiger partial charge is 0.465 e. The minimum Gasteiger partial charge on any atom is -0.465 e. The summed E-state index contributed by atoms with van der Waals surface area (Å²) in [5.74, 6) is -0.268. The molecule has 0 saturated heterocycles. The molecule has 0 amide bonds. The maximum Gasteiger partial charge on any atom is 0.337 e. The first-order valence-corrected chi connectivity index (χ1v) is 5.17. The average molecular weight is 205 g/mol. The molecule has 1 atom stereocenters. The van der Waals surface area contributed by atoms with Crippen LogP contribution in [0.4, 0.5) is 0 Å². The monoisotopic (exact) mass is 205 g/mol. The molecule has 1 N–H and O–H groups in total. The van der Waals surface area contributed by atoms with Crippen molar-refractivity contribution in [3.05, 3.63) is 34.9 Å². The molecule has 0 fully saturated rings. The van der Waals surface area contributed by atoms with Crippen molar-refractivity contribution in [3.63, 3.8) is 0 Å². The molecule has 3 heteroatoms. The molecular weight excluding hydrogens is 190 g/mol. The van der Waals surface area contributed by atoms with E-state index < -0.39 is 0 Å². The molecule has 1 heterocycles. The summed E-state index contributed by atoms with van der Waals surface area (Å²) in [6.07, 6.45) is 1.03. The first-order valence-electron chi connectivity index (χ1n) is 5.17. The Labute approximate surface area is 89.4 Å². The molecule has 0 aromatic heterocycles. The number of hydrogen-bond acceptors (Lipinski definition) is 3. The summed E-state index contributed by atoms with van der Waals surface area (Å²) in [7, 11) is 1.41. The number of carbonyl (C=O) groups excluding carboxylic acids is 1. The Morgan fingerprint density at radius 1 is 1.53 bits per heavy atom. The number of nitrogens with one attached hydrogen (secondary N) is 1. The van der Waals surface area contributed by atoms with Gasteiger partial charge in [-0.2, -0.15) is 0 Å². The third-order valence-corrected chi connectivity index (χ3v) is 2.88. The quantitative estimate of drug-likeness (QED) is 0.709. The van der Waals surface area contributed by atoms with E-state index in [0.717, 1.165) is 13.0 Å². The van der Waals surface area contributed by atoms with Gasteiger partial charge < -0.3 is 10.1 Å². The fourth-order valence-electron chi connectivity index (χ4n) is 2.00. The van der Waals surface area contributed by atoms with E-state index in [0.29, 0.717) is 11.6 Å². The summed E-state index contributed by atoms with van der Waals surface area (Å²) < 4.78 is 4.70. The van der Waals surface area contributed by atoms with Gasteiger partial charge in [-0.1, -0.05) is 6.07 Å². The second kappa shape index (κ2) is 4.03. The van der Waals surface area contributed by atoms with Gasteiger partial charge in [0.25, 0.3) is 0 Å². The molecule has 2 rings (SSSR count). The number of rotatable bonds is 1. The molecule has 1 aliphatic rings. The molecule has 0 unspecified atom stereocenters. The fourth-order valence-corrected chi connectivity index (χ4v) is 2.00. The van der Waals surface area contributed by atoms with Gasteiger partial charge in [-0.15, -0.1) is 0 Å². The Balaban J connectivity index is 2.39. The molecule has 15 heavy (non-hydrogen) atoms. The first kappa shape index (κ1) is 10.2. The zero-order valence-corrected chi connectivity index (χ0v) is 9.04. The van der Waals surface area contributed by atoms with Gasteiger partial charge in [0.1, 0.15) is 0 Å². The number of fused-ring (bicyclic) bond motifs is 1. The highest BCUT2D eigenvalue weighted by atomic mass is 16.5. The van der Waals surface area contributed by atoms with Crippen LogP contribution < -0.4 is 5.32 Å². The minimum atomic E-state index is -0.268. The van der Waals surface area contributed by atoms with Crippen molar-refractivity contribution >= 4 is 5.97 Å². The number of hydrogen-bond donors (Lipinski definition) is 1. The fraction of sp³-hybridized carbons (Fsp3) is 0.417. The predicted molar refractivity (Wildman–Crippen MR) is 57.9 cm³/mol. The molecule has 80 valence electrons. The highest BCUT2D eigenvalue weighted by Crippen LogP contribution is 2.23. The summed E-state index contributed by atoms with van der Waals surface area (Å²) in [4.78, 5) is 11.4. The van der Waals surface area contributed by atoms with Crippen molar-refractivity contribution in [2.24, 2.45) is 0 Å². The molecular formula is C12H15NO2. The van der Waals surface area contributed by atoms with Crippen molar-refractivity contribution in [1.82, 2.24) is 5.32 Å². The van der Waals surface area contributed by atoms with Crippen LogP contribution in [0.15, 0.2) is 18.2 Å². The summed E-state index contributed by atoms with van der Waals surface area (Å²) >= 11 is 0. The smallest absolute Gasteiger partial charge is 0.337 e. The van der Waals surface area contributed by atoms with Crippen molar-refractivity contribution in [2.45, 2.75) is 19.4 Å². The first-order chi connectivity index (χ1) is 7.22. The Kier molecular flexibility index (Phi) is 2.73. The van der Waals surface area contributed by atoms with Crippen LogP contribution in [-0.2, 0) is 11.2 Å². The van der Waals surface area contributed by atoms with Gasteiger partial charge in [-0.05, 0) is 43.1 Å². The third kappa shape index (κ3) is 1.88. The molecule has 0 saturated carbocycles. The molecule has 0 radical (unpaired) electrons. The van der Waals surface area contributed by atoms with Crippen molar-refractivity contribution in [2.75, 3.05) is 13.7 Å². The van der Waals surface area contributed by atoms with E-state index in [9.17, 15) is 4.79 Å². The lowest BCUT2D eigenvalue weighted by molar-refractivity contribution is 0.0600. The van der Waals surface area contributed by atoms with Gasteiger partial charge in [0.2, 0.25) is 0 Å². The number of esters is 1. The number of ether oxygens (including phenoxy) is 1. The van der Waals surface area contributed by atoms with Crippen molar-refractivity contribution in [3.8, 4) is 0 Å².